The molecule has 0 heterocycles. The van der Waals surface area contributed by atoms with E-state index in [0.29, 0.717) is 0 Å². The molecular formula is C29H64NO3Si+. The highest BCUT2D eigenvalue weighted by Crippen LogP contribution is 2.22. The first-order chi connectivity index (χ1) is 16.4. The Hall–Kier alpha value is 0.0569. The summed E-state index contributed by atoms with van der Waals surface area (Å²) in [7, 11) is 2.20. The normalized spacial score (nSPS) is 12.5. The minimum absolute atomic E-state index is 0.776. The van der Waals surface area contributed by atoms with Gasteiger partial charge in [0.1, 0.15) is 0 Å². The second-order valence-corrected chi connectivity index (χ2v) is 13.7. The van der Waals surface area contributed by atoms with E-state index >= 15 is 0 Å². The Morgan fingerprint density at radius 3 is 1.21 bits per heavy atom. The number of unbranched alkanes of at least 4 members (excludes halogenated alkanes) is 12. The SMILES string of the molecule is CCCCCCCCCCCC[N+](C)(C)CCC[Si](OCCCC)(OCCCC)OCCCC. The summed E-state index contributed by atoms with van der Waals surface area (Å²) in [6, 6.07) is 0.962. The third-order valence-electron chi connectivity index (χ3n) is 6.82. The Balaban J connectivity index is 4.40. The lowest BCUT2D eigenvalue weighted by atomic mass is 10.1. The fourth-order valence-corrected chi connectivity index (χ4v) is 6.96. The number of quaternary nitrogens is 1. The van der Waals surface area contributed by atoms with Crippen molar-refractivity contribution in [3.05, 3.63) is 0 Å². The van der Waals surface area contributed by atoms with Crippen molar-refractivity contribution in [1.82, 2.24) is 0 Å². The maximum Gasteiger partial charge on any atom is 0.501 e. The maximum atomic E-state index is 6.43. The summed E-state index contributed by atoms with van der Waals surface area (Å²) in [5.41, 5.74) is 0. The van der Waals surface area contributed by atoms with Gasteiger partial charge in [-0.05, 0) is 32.1 Å². The lowest BCUT2D eigenvalue weighted by molar-refractivity contribution is -0.890. The van der Waals surface area contributed by atoms with Crippen molar-refractivity contribution in [3.63, 3.8) is 0 Å². The van der Waals surface area contributed by atoms with E-state index in [1.807, 2.05) is 0 Å². The molecule has 0 aliphatic rings. The van der Waals surface area contributed by atoms with Crippen LogP contribution in [-0.4, -0.2) is 60.3 Å². The van der Waals surface area contributed by atoms with Crippen molar-refractivity contribution in [3.8, 4) is 0 Å². The molecule has 0 atom stereocenters. The van der Waals surface area contributed by atoms with E-state index in [1.165, 1.54) is 77.3 Å². The first-order valence-corrected chi connectivity index (χ1v) is 17.1. The van der Waals surface area contributed by atoms with E-state index < -0.39 is 8.80 Å². The zero-order valence-corrected chi connectivity index (χ0v) is 25.4. The number of nitrogens with zero attached hydrogens (tertiary/aromatic N) is 1. The fourth-order valence-electron chi connectivity index (χ4n) is 4.32. The molecular weight excluding hydrogens is 438 g/mol. The number of hydrogen-bond acceptors (Lipinski definition) is 3. The highest BCUT2D eigenvalue weighted by molar-refractivity contribution is 6.60. The zero-order chi connectivity index (χ0) is 25.4. The van der Waals surface area contributed by atoms with E-state index in [-0.39, 0.29) is 0 Å². The van der Waals surface area contributed by atoms with Crippen LogP contribution < -0.4 is 0 Å². The molecule has 0 unspecified atom stereocenters. The zero-order valence-electron chi connectivity index (χ0n) is 24.4. The van der Waals surface area contributed by atoms with Gasteiger partial charge in [0.25, 0.3) is 0 Å². The van der Waals surface area contributed by atoms with Crippen LogP contribution in [0, 0.1) is 0 Å². The molecule has 0 saturated heterocycles. The fraction of sp³-hybridized carbons (Fsp3) is 1.00. The molecule has 0 aliphatic heterocycles. The number of rotatable bonds is 27. The van der Waals surface area contributed by atoms with Crippen LogP contribution in [0.25, 0.3) is 0 Å². The van der Waals surface area contributed by atoms with Gasteiger partial charge in [-0.15, -0.1) is 0 Å². The van der Waals surface area contributed by atoms with Gasteiger partial charge in [-0.3, -0.25) is 0 Å². The molecule has 0 rings (SSSR count). The van der Waals surface area contributed by atoms with E-state index in [0.717, 1.165) is 75.3 Å². The van der Waals surface area contributed by atoms with Crippen molar-refractivity contribution in [2.75, 3.05) is 47.0 Å². The molecule has 206 valence electrons. The van der Waals surface area contributed by atoms with Gasteiger partial charge in [0, 0.05) is 32.3 Å². The molecule has 34 heavy (non-hydrogen) atoms. The molecule has 0 aliphatic carbocycles. The lowest BCUT2D eigenvalue weighted by Gasteiger charge is -2.33. The summed E-state index contributed by atoms with van der Waals surface area (Å²) in [6.45, 7) is 13.7. The summed E-state index contributed by atoms with van der Waals surface area (Å²) < 4.78 is 20.4. The summed E-state index contributed by atoms with van der Waals surface area (Å²) in [4.78, 5) is 0. The summed E-state index contributed by atoms with van der Waals surface area (Å²) in [5.74, 6) is 0. The molecule has 0 aromatic carbocycles. The van der Waals surface area contributed by atoms with Crippen LogP contribution in [-0.2, 0) is 13.3 Å². The second-order valence-electron chi connectivity index (χ2n) is 11.0. The van der Waals surface area contributed by atoms with Gasteiger partial charge >= 0.3 is 8.80 Å². The molecule has 0 saturated carbocycles. The predicted molar refractivity (Wildman–Crippen MR) is 151 cm³/mol. The van der Waals surface area contributed by atoms with E-state index in [9.17, 15) is 0 Å². The maximum absolute atomic E-state index is 6.43. The third-order valence-corrected chi connectivity index (χ3v) is 9.72. The largest absolute Gasteiger partial charge is 0.501 e. The summed E-state index contributed by atoms with van der Waals surface area (Å²) in [5, 5.41) is 0. The monoisotopic (exact) mass is 502 g/mol. The Bertz CT molecular complexity index is 394. The highest BCUT2D eigenvalue weighted by atomic mass is 28.4. The van der Waals surface area contributed by atoms with Gasteiger partial charge in [0.2, 0.25) is 0 Å². The highest BCUT2D eigenvalue weighted by Gasteiger charge is 2.41. The van der Waals surface area contributed by atoms with Crippen molar-refractivity contribution >= 4 is 8.80 Å². The molecule has 0 N–H and O–H groups in total. The number of hydrogen-bond donors (Lipinski definition) is 0. The Morgan fingerprint density at radius 2 is 0.794 bits per heavy atom. The average Bonchev–Trinajstić information content (AvgIpc) is 2.80. The van der Waals surface area contributed by atoms with Crippen LogP contribution in [0.2, 0.25) is 6.04 Å². The van der Waals surface area contributed by atoms with Crippen molar-refractivity contribution in [1.29, 1.82) is 0 Å². The van der Waals surface area contributed by atoms with Crippen LogP contribution in [0.5, 0.6) is 0 Å². The molecule has 0 bridgehead atoms. The quantitative estimate of drug-likeness (QED) is 0.0638. The Kier molecular flexibility index (Phi) is 23.5. The molecule has 0 amide bonds. The second kappa shape index (κ2) is 23.5. The minimum Gasteiger partial charge on any atom is -0.373 e. The molecule has 0 fully saturated rings. The van der Waals surface area contributed by atoms with Crippen molar-refractivity contribution in [2.45, 2.75) is 143 Å². The van der Waals surface area contributed by atoms with Gasteiger partial charge in [0.15, 0.2) is 0 Å². The van der Waals surface area contributed by atoms with Gasteiger partial charge in [0.05, 0.1) is 27.2 Å². The van der Waals surface area contributed by atoms with Crippen LogP contribution in [0.3, 0.4) is 0 Å². The summed E-state index contributed by atoms with van der Waals surface area (Å²) >= 11 is 0. The molecule has 0 aromatic heterocycles. The van der Waals surface area contributed by atoms with E-state index in [2.05, 4.69) is 41.8 Å². The van der Waals surface area contributed by atoms with E-state index in [1.54, 1.807) is 0 Å². The molecule has 4 nitrogen and oxygen atoms in total. The smallest absolute Gasteiger partial charge is 0.373 e. The predicted octanol–water partition coefficient (Wildman–Crippen LogP) is 8.76. The van der Waals surface area contributed by atoms with Gasteiger partial charge in [-0.2, -0.15) is 0 Å². The van der Waals surface area contributed by atoms with Crippen LogP contribution >= 0.6 is 0 Å². The Morgan fingerprint density at radius 1 is 0.441 bits per heavy atom. The molecule has 0 radical (unpaired) electrons. The first-order valence-electron chi connectivity index (χ1n) is 15.2. The van der Waals surface area contributed by atoms with Gasteiger partial charge in [-0.25, -0.2) is 0 Å². The van der Waals surface area contributed by atoms with Crippen LogP contribution in [0.4, 0.5) is 0 Å². The van der Waals surface area contributed by atoms with Gasteiger partial charge in [-0.1, -0.05) is 98.3 Å². The third kappa shape index (κ3) is 20.3. The Labute approximate surface area is 216 Å². The van der Waals surface area contributed by atoms with Crippen LogP contribution in [0.15, 0.2) is 0 Å². The molecule has 5 heteroatoms. The van der Waals surface area contributed by atoms with E-state index in [4.69, 9.17) is 13.3 Å². The van der Waals surface area contributed by atoms with Crippen molar-refractivity contribution in [2.24, 2.45) is 0 Å². The van der Waals surface area contributed by atoms with Gasteiger partial charge < -0.3 is 17.8 Å². The van der Waals surface area contributed by atoms with Crippen molar-refractivity contribution < 1.29 is 17.8 Å². The first kappa shape index (κ1) is 34.1. The molecule has 0 aromatic rings. The topological polar surface area (TPSA) is 27.7 Å². The molecule has 0 spiro atoms. The average molecular weight is 503 g/mol. The lowest BCUT2D eigenvalue weighted by Crippen LogP contribution is -2.48. The standard InChI is InChI=1S/C29H64NO3Si/c1-7-11-15-16-17-18-19-20-21-22-24-30(5,6)25-23-29-34(31-26-12-8-2,32-27-13-9-3)33-28-14-10-4/h7-29H2,1-6H3/q+1. The van der Waals surface area contributed by atoms with Crippen LogP contribution in [0.1, 0.15) is 137 Å². The minimum atomic E-state index is -2.58. The summed E-state index contributed by atoms with van der Waals surface area (Å²) in [6.07, 6.45) is 21.9.